The summed E-state index contributed by atoms with van der Waals surface area (Å²) in [5, 5.41) is 4.81. The molecular formula is C48H45N3O15S. The monoisotopic (exact) mass is 935 g/mol. The van der Waals surface area contributed by atoms with E-state index in [1.807, 2.05) is 24.3 Å². The van der Waals surface area contributed by atoms with Gasteiger partial charge in [0.05, 0.1) is 47.2 Å². The minimum atomic E-state index is -0.862. The zero-order valence-electron chi connectivity index (χ0n) is 36.0. The number of hydrogen-bond acceptors (Lipinski definition) is 19. The quantitative estimate of drug-likeness (QED) is 0.00804. The molecular weight excluding hydrogens is 891 g/mol. The molecule has 67 heavy (non-hydrogen) atoms. The van der Waals surface area contributed by atoms with E-state index in [2.05, 4.69) is 35.2 Å². The fourth-order valence-corrected chi connectivity index (χ4v) is 6.19. The Labute approximate surface area is 388 Å². The largest absolute Gasteiger partial charge is 0.490 e. The van der Waals surface area contributed by atoms with E-state index in [4.69, 9.17) is 42.6 Å². The van der Waals surface area contributed by atoms with E-state index in [9.17, 15) is 28.8 Å². The lowest BCUT2D eigenvalue weighted by Gasteiger charge is -2.19. The molecule has 5 rings (SSSR count). The van der Waals surface area contributed by atoms with Crippen LogP contribution < -0.4 is 24.4 Å². The van der Waals surface area contributed by atoms with Crippen molar-refractivity contribution in [2.24, 2.45) is 5.10 Å². The van der Waals surface area contributed by atoms with Crippen molar-refractivity contribution >= 4 is 68.7 Å². The van der Waals surface area contributed by atoms with Crippen LogP contribution in [0.2, 0.25) is 0 Å². The molecule has 18 nitrogen and oxygen atoms in total. The molecule has 0 aliphatic heterocycles. The number of carbonyl (C=O) groups is 6. The average Bonchev–Trinajstić information content (AvgIpc) is 3.76. The van der Waals surface area contributed by atoms with E-state index < -0.39 is 41.9 Å². The van der Waals surface area contributed by atoms with Gasteiger partial charge in [-0.1, -0.05) is 43.2 Å². The molecule has 1 atom stereocenters. The number of hydrazone groups is 1. The first-order valence-electron chi connectivity index (χ1n) is 20.4. The lowest BCUT2D eigenvalue weighted by molar-refractivity contribution is -0.156. The number of benzene rings is 4. The number of unbranched alkanes of at least 4 members (excludes halogenated alkanes) is 1. The van der Waals surface area contributed by atoms with Crippen molar-refractivity contribution in [1.82, 2.24) is 4.98 Å². The second-order valence-electron chi connectivity index (χ2n) is 13.5. The Morgan fingerprint density at radius 3 is 1.97 bits per heavy atom. The van der Waals surface area contributed by atoms with Crippen molar-refractivity contribution in [2.45, 2.75) is 25.4 Å². The maximum atomic E-state index is 13.5. The van der Waals surface area contributed by atoms with Crippen molar-refractivity contribution < 1.29 is 71.4 Å². The molecule has 0 amide bonds. The van der Waals surface area contributed by atoms with Crippen LogP contribution in [-0.4, -0.2) is 92.9 Å². The molecule has 1 N–H and O–H groups in total. The number of esters is 6. The summed E-state index contributed by atoms with van der Waals surface area (Å²) < 4.78 is 49.4. The number of carbonyl (C=O) groups excluding carboxylic acids is 6. The molecule has 0 radical (unpaired) electrons. The smallest absolute Gasteiger partial charge is 0.343 e. The molecule has 1 heterocycles. The highest BCUT2D eigenvalue weighted by molar-refractivity contribution is 7.22. The molecule has 0 saturated heterocycles. The van der Waals surface area contributed by atoms with Gasteiger partial charge in [0.2, 0.25) is 11.9 Å². The minimum absolute atomic E-state index is 0.0324. The van der Waals surface area contributed by atoms with Crippen LogP contribution in [-0.2, 0) is 42.9 Å². The number of para-hydroxylation sites is 1. The molecule has 0 bridgehead atoms. The first kappa shape index (κ1) is 49.8. The molecule has 348 valence electrons. The van der Waals surface area contributed by atoms with Crippen LogP contribution in [0.3, 0.4) is 0 Å². The predicted molar refractivity (Wildman–Crippen MR) is 244 cm³/mol. The Morgan fingerprint density at radius 1 is 0.672 bits per heavy atom. The van der Waals surface area contributed by atoms with Gasteiger partial charge in [0.25, 0.3) is 0 Å². The standard InChI is InChI=1S/C48H45N3O15S/c1-4-42(52)59-25-10-9-24-58-29-38(64-45(55)23-26-60-43(53)5-2)30-61-35-17-13-33(14-18-35)47(57)66-40-22-21-37(27-34(40)28-49-51-48-50-39-11-7-8-12-41(39)67-48)65-46(56)32-15-19-36(20-16-32)62-31-63-44(54)6-3/h4-8,11-22,27-28,38H,1-3,9-10,23-26,29-31H2,(H,50,51)/b49-28+. The summed E-state index contributed by atoms with van der Waals surface area (Å²) in [7, 11) is 0. The van der Waals surface area contributed by atoms with E-state index in [-0.39, 0.29) is 74.4 Å². The summed E-state index contributed by atoms with van der Waals surface area (Å²) in [6.45, 7) is 9.74. The SMILES string of the molecule is C=CC(=O)OCCCCOCC(COc1ccc(C(=O)Oc2ccc(OC(=O)c3ccc(OCOC(=O)C=C)cc3)cc2/C=N/Nc2nc3ccccc3s2)cc1)OC(=O)CCOC(=O)C=C. The fourth-order valence-electron chi connectivity index (χ4n) is 5.37. The van der Waals surface area contributed by atoms with E-state index in [0.29, 0.717) is 29.5 Å². The van der Waals surface area contributed by atoms with Crippen molar-refractivity contribution in [3.05, 3.63) is 146 Å². The summed E-state index contributed by atoms with van der Waals surface area (Å²) >= 11 is 1.39. The van der Waals surface area contributed by atoms with Crippen LogP contribution in [0, 0.1) is 0 Å². The van der Waals surface area contributed by atoms with Crippen molar-refractivity contribution in [2.75, 3.05) is 45.3 Å². The molecule has 4 aromatic carbocycles. The Hall–Kier alpha value is -8.16. The third-order valence-corrected chi connectivity index (χ3v) is 9.62. The van der Waals surface area contributed by atoms with Gasteiger partial charge in [-0.3, -0.25) is 10.2 Å². The third kappa shape index (κ3) is 17.1. The summed E-state index contributed by atoms with van der Waals surface area (Å²) in [5.41, 5.74) is 4.28. The van der Waals surface area contributed by atoms with Gasteiger partial charge in [-0.05, 0) is 91.7 Å². The van der Waals surface area contributed by atoms with Crippen molar-refractivity contribution in [3.63, 3.8) is 0 Å². The topological polar surface area (TPSA) is 223 Å². The Kier molecular flexibility index (Phi) is 19.8. The van der Waals surface area contributed by atoms with Crippen LogP contribution in [0.1, 0.15) is 45.5 Å². The Bertz CT molecular complexity index is 2520. The van der Waals surface area contributed by atoms with Gasteiger partial charge in [-0.2, -0.15) is 5.10 Å². The van der Waals surface area contributed by atoms with Gasteiger partial charge >= 0.3 is 35.8 Å². The zero-order chi connectivity index (χ0) is 47.8. The van der Waals surface area contributed by atoms with Gasteiger partial charge in [0.1, 0.15) is 36.2 Å². The van der Waals surface area contributed by atoms with Crippen LogP contribution in [0.25, 0.3) is 10.2 Å². The molecule has 0 aliphatic carbocycles. The molecule has 0 spiro atoms. The summed E-state index contributed by atoms with van der Waals surface area (Å²) in [5.74, 6) is -3.07. The molecule has 1 aromatic heterocycles. The number of anilines is 1. The van der Waals surface area contributed by atoms with E-state index in [1.165, 1.54) is 84.3 Å². The number of fused-ring (bicyclic) bond motifs is 1. The molecule has 1 unspecified atom stereocenters. The number of nitrogens with zero attached hydrogens (tertiary/aromatic N) is 2. The van der Waals surface area contributed by atoms with Crippen LogP contribution in [0.4, 0.5) is 5.13 Å². The van der Waals surface area contributed by atoms with Gasteiger partial charge in [-0.25, -0.2) is 29.0 Å². The van der Waals surface area contributed by atoms with E-state index in [1.54, 1.807) is 0 Å². The average molecular weight is 936 g/mol. The molecule has 0 saturated carbocycles. The maximum Gasteiger partial charge on any atom is 0.343 e. The number of ether oxygens (including phenoxy) is 9. The Balaban J connectivity index is 1.22. The van der Waals surface area contributed by atoms with Crippen LogP contribution in [0.5, 0.6) is 23.0 Å². The number of aromatic nitrogens is 1. The number of rotatable bonds is 27. The van der Waals surface area contributed by atoms with Gasteiger partial charge in [-0.15, -0.1) is 0 Å². The molecule has 5 aromatic rings. The van der Waals surface area contributed by atoms with Crippen molar-refractivity contribution in [3.8, 4) is 23.0 Å². The van der Waals surface area contributed by atoms with E-state index in [0.717, 1.165) is 28.4 Å². The minimum Gasteiger partial charge on any atom is -0.490 e. The van der Waals surface area contributed by atoms with Crippen molar-refractivity contribution in [1.29, 1.82) is 0 Å². The van der Waals surface area contributed by atoms with E-state index >= 15 is 0 Å². The summed E-state index contributed by atoms with van der Waals surface area (Å²) in [4.78, 5) is 77.4. The fraction of sp³-hybridized carbons (Fsp3) is 0.208. The molecule has 0 fully saturated rings. The normalized spacial score (nSPS) is 11.1. The zero-order valence-corrected chi connectivity index (χ0v) is 36.8. The summed E-state index contributed by atoms with van der Waals surface area (Å²) in [6, 6.07) is 23.9. The second kappa shape index (κ2) is 26.6. The number of thiazole rings is 1. The maximum absolute atomic E-state index is 13.5. The number of hydrogen-bond donors (Lipinski definition) is 1. The highest BCUT2D eigenvalue weighted by atomic mass is 32.1. The first-order chi connectivity index (χ1) is 32.5. The number of nitrogens with one attached hydrogen (secondary N) is 1. The van der Waals surface area contributed by atoms with Gasteiger partial charge < -0.3 is 42.6 Å². The molecule has 19 heteroatoms. The van der Waals surface area contributed by atoms with Gasteiger partial charge in [0, 0.05) is 30.4 Å². The lowest BCUT2D eigenvalue weighted by Crippen LogP contribution is -2.30. The Morgan fingerprint density at radius 2 is 1.28 bits per heavy atom. The summed E-state index contributed by atoms with van der Waals surface area (Å²) in [6.07, 6.45) is 4.46. The highest BCUT2D eigenvalue weighted by Crippen LogP contribution is 2.28. The highest BCUT2D eigenvalue weighted by Gasteiger charge is 2.19. The lowest BCUT2D eigenvalue weighted by atomic mass is 10.2. The molecule has 0 aliphatic rings. The van der Waals surface area contributed by atoms with Gasteiger partial charge in [0.15, 0.2) is 6.10 Å². The van der Waals surface area contributed by atoms with Crippen LogP contribution >= 0.6 is 11.3 Å². The second-order valence-corrected chi connectivity index (χ2v) is 14.5. The first-order valence-corrected chi connectivity index (χ1v) is 21.2. The predicted octanol–water partition coefficient (Wildman–Crippen LogP) is 7.18. The van der Waals surface area contributed by atoms with Crippen LogP contribution in [0.15, 0.2) is 134 Å². The third-order valence-electron chi connectivity index (χ3n) is 8.67.